The Hall–Kier alpha value is -3.83. The molecule has 4 aromatic rings. The predicted molar refractivity (Wildman–Crippen MR) is 133 cm³/mol. The molecule has 186 valence electrons. The van der Waals surface area contributed by atoms with Gasteiger partial charge < -0.3 is 19.2 Å². The van der Waals surface area contributed by atoms with Crippen molar-refractivity contribution in [3.05, 3.63) is 78.6 Å². The highest BCUT2D eigenvalue weighted by Gasteiger charge is 2.29. The Bertz CT molecular complexity index is 1470. The van der Waals surface area contributed by atoms with E-state index in [1.807, 2.05) is 0 Å². The summed E-state index contributed by atoms with van der Waals surface area (Å²) in [5.74, 6) is -0.105. The Morgan fingerprint density at radius 1 is 1.03 bits per heavy atom. The molecule has 1 aromatic heterocycles. The van der Waals surface area contributed by atoms with Crippen LogP contribution in [0.5, 0.6) is 11.5 Å². The van der Waals surface area contributed by atoms with Crippen LogP contribution in [0.3, 0.4) is 0 Å². The molecule has 3 aromatic carbocycles. The molecule has 0 saturated carbocycles. The maximum absolute atomic E-state index is 13.4. The number of nitrogens with zero attached hydrogens (tertiary/aromatic N) is 1. The molecule has 0 bridgehead atoms. The molecule has 11 heteroatoms. The van der Waals surface area contributed by atoms with E-state index in [0.29, 0.717) is 22.7 Å². The zero-order chi connectivity index (χ0) is 25.7. The minimum absolute atomic E-state index is 0.00996. The molecular formula is C25H21FN2O6S2. The van der Waals surface area contributed by atoms with Crippen molar-refractivity contribution in [3.8, 4) is 23.0 Å². The highest BCUT2D eigenvalue weighted by molar-refractivity contribution is 8.00. The van der Waals surface area contributed by atoms with E-state index in [0.717, 1.165) is 11.8 Å². The van der Waals surface area contributed by atoms with Gasteiger partial charge in [0.1, 0.15) is 17.3 Å². The van der Waals surface area contributed by atoms with Crippen LogP contribution in [-0.2, 0) is 14.6 Å². The summed E-state index contributed by atoms with van der Waals surface area (Å²) in [5, 5.41) is 2.34. The Labute approximate surface area is 211 Å². The lowest BCUT2D eigenvalue weighted by atomic mass is 10.2. The molecule has 0 fully saturated rings. The number of ether oxygens (including phenoxy) is 2. The summed E-state index contributed by atoms with van der Waals surface area (Å²) in [6.45, 7) is 0. The third kappa shape index (κ3) is 5.52. The first-order valence-electron chi connectivity index (χ1n) is 10.5. The molecule has 1 amide bonds. The molecular weight excluding hydrogens is 507 g/mol. The number of nitrogens with one attached hydrogen (secondary N) is 1. The summed E-state index contributed by atoms with van der Waals surface area (Å²) in [6.07, 6.45) is 0. The number of methoxy groups -OCH3 is 2. The zero-order valence-corrected chi connectivity index (χ0v) is 20.9. The molecule has 1 N–H and O–H groups in total. The van der Waals surface area contributed by atoms with E-state index in [2.05, 4.69) is 10.3 Å². The number of rotatable bonds is 9. The number of aromatic nitrogens is 1. The van der Waals surface area contributed by atoms with Crippen LogP contribution in [0.25, 0.3) is 11.5 Å². The minimum atomic E-state index is -4.06. The Morgan fingerprint density at radius 2 is 1.75 bits per heavy atom. The van der Waals surface area contributed by atoms with Gasteiger partial charge in [-0.1, -0.05) is 30.0 Å². The standard InChI is InChI=1S/C25H21FN2O6S2/c1-32-18-12-13-20(21(14-18)33-2)27-22(29)15-35-25-24(36(30,31)19-6-4-3-5-7-19)28-23(34-25)16-8-10-17(26)11-9-16/h3-14H,15H2,1-2H3,(H,27,29). The van der Waals surface area contributed by atoms with Gasteiger partial charge in [-0.15, -0.1) is 0 Å². The molecule has 0 radical (unpaired) electrons. The lowest BCUT2D eigenvalue weighted by molar-refractivity contribution is -0.113. The lowest BCUT2D eigenvalue weighted by Crippen LogP contribution is -2.15. The molecule has 36 heavy (non-hydrogen) atoms. The van der Waals surface area contributed by atoms with Gasteiger partial charge in [0.2, 0.25) is 31.8 Å². The number of amides is 1. The number of sulfone groups is 1. The van der Waals surface area contributed by atoms with Gasteiger partial charge in [-0.2, -0.15) is 4.98 Å². The van der Waals surface area contributed by atoms with Gasteiger partial charge in [-0.3, -0.25) is 4.79 Å². The van der Waals surface area contributed by atoms with Crippen LogP contribution in [-0.4, -0.2) is 39.3 Å². The Balaban J connectivity index is 1.61. The maximum atomic E-state index is 13.4. The van der Waals surface area contributed by atoms with E-state index in [9.17, 15) is 17.6 Å². The van der Waals surface area contributed by atoms with E-state index in [-0.39, 0.29) is 26.7 Å². The average molecular weight is 529 g/mol. The molecule has 0 atom stereocenters. The SMILES string of the molecule is COc1ccc(NC(=O)CSc2oc(-c3ccc(F)cc3)nc2S(=O)(=O)c2ccccc2)c(OC)c1. The van der Waals surface area contributed by atoms with Crippen LogP contribution < -0.4 is 14.8 Å². The Kier molecular flexibility index (Phi) is 7.61. The summed E-state index contributed by atoms with van der Waals surface area (Å²) in [5.41, 5.74) is 0.811. The van der Waals surface area contributed by atoms with Crippen molar-refractivity contribution in [2.24, 2.45) is 0 Å². The van der Waals surface area contributed by atoms with Gasteiger partial charge in [0.15, 0.2) is 0 Å². The van der Waals surface area contributed by atoms with E-state index in [1.165, 1.54) is 50.6 Å². The molecule has 0 aliphatic heterocycles. The highest BCUT2D eigenvalue weighted by Crippen LogP contribution is 2.35. The second-order valence-electron chi connectivity index (χ2n) is 7.34. The van der Waals surface area contributed by atoms with Crippen molar-refractivity contribution in [2.45, 2.75) is 15.0 Å². The summed E-state index contributed by atoms with van der Waals surface area (Å²) in [7, 11) is -1.08. The van der Waals surface area contributed by atoms with Crippen LogP contribution in [0.2, 0.25) is 0 Å². The van der Waals surface area contributed by atoms with Gasteiger partial charge in [0.25, 0.3) is 0 Å². The lowest BCUT2D eigenvalue weighted by Gasteiger charge is -2.11. The number of hydrogen-bond donors (Lipinski definition) is 1. The molecule has 8 nitrogen and oxygen atoms in total. The fourth-order valence-electron chi connectivity index (χ4n) is 3.20. The van der Waals surface area contributed by atoms with Crippen LogP contribution in [0, 0.1) is 5.82 Å². The number of hydrogen-bond acceptors (Lipinski definition) is 8. The van der Waals surface area contributed by atoms with Crippen LogP contribution >= 0.6 is 11.8 Å². The number of carbonyl (C=O) groups excluding carboxylic acids is 1. The molecule has 4 rings (SSSR count). The Morgan fingerprint density at radius 3 is 2.42 bits per heavy atom. The zero-order valence-electron chi connectivity index (χ0n) is 19.2. The first-order chi connectivity index (χ1) is 17.3. The third-order valence-corrected chi connectivity index (χ3v) is 7.74. The predicted octanol–water partition coefficient (Wildman–Crippen LogP) is 5.06. The molecule has 0 saturated heterocycles. The summed E-state index contributed by atoms with van der Waals surface area (Å²) < 4.78 is 56.2. The topological polar surface area (TPSA) is 108 Å². The van der Waals surface area contributed by atoms with Gasteiger partial charge in [-0.25, -0.2) is 12.8 Å². The number of anilines is 1. The fraction of sp³-hybridized carbons (Fsp3) is 0.120. The molecule has 0 aliphatic carbocycles. The highest BCUT2D eigenvalue weighted by atomic mass is 32.2. The third-order valence-electron chi connectivity index (χ3n) is 4.98. The van der Waals surface area contributed by atoms with E-state index < -0.39 is 21.6 Å². The van der Waals surface area contributed by atoms with Crippen molar-refractivity contribution in [3.63, 3.8) is 0 Å². The summed E-state index contributed by atoms with van der Waals surface area (Å²) in [6, 6.07) is 18.0. The van der Waals surface area contributed by atoms with Crippen LogP contribution in [0.4, 0.5) is 10.1 Å². The van der Waals surface area contributed by atoms with Crippen molar-refractivity contribution < 1.29 is 31.5 Å². The van der Waals surface area contributed by atoms with E-state index in [1.54, 1.807) is 36.4 Å². The average Bonchev–Trinajstić information content (AvgIpc) is 3.34. The second kappa shape index (κ2) is 10.8. The van der Waals surface area contributed by atoms with Gasteiger partial charge in [0, 0.05) is 11.6 Å². The first-order valence-corrected chi connectivity index (χ1v) is 13.0. The number of thioether (sulfide) groups is 1. The second-order valence-corrected chi connectivity index (χ2v) is 10.2. The van der Waals surface area contributed by atoms with Gasteiger partial charge >= 0.3 is 0 Å². The maximum Gasteiger partial charge on any atom is 0.234 e. The number of halogens is 1. The molecule has 0 aliphatic rings. The molecule has 0 unspecified atom stereocenters. The molecule has 1 heterocycles. The smallest absolute Gasteiger partial charge is 0.234 e. The van der Waals surface area contributed by atoms with Gasteiger partial charge in [0.05, 0.1) is 30.6 Å². The summed E-state index contributed by atoms with van der Waals surface area (Å²) >= 11 is 0.876. The van der Waals surface area contributed by atoms with Crippen molar-refractivity contribution in [1.82, 2.24) is 4.98 Å². The summed E-state index contributed by atoms with van der Waals surface area (Å²) in [4.78, 5) is 16.9. The number of benzene rings is 3. The largest absolute Gasteiger partial charge is 0.497 e. The number of carbonyl (C=O) groups is 1. The fourth-order valence-corrected chi connectivity index (χ4v) is 5.55. The minimum Gasteiger partial charge on any atom is -0.497 e. The quantitative estimate of drug-likeness (QED) is 0.300. The monoisotopic (exact) mass is 528 g/mol. The van der Waals surface area contributed by atoms with Crippen molar-refractivity contribution in [2.75, 3.05) is 25.3 Å². The normalized spacial score (nSPS) is 11.2. The van der Waals surface area contributed by atoms with Crippen LogP contribution in [0.15, 0.2) is 92.2 Å². The van der Waals surface area contributed by atoms with E-state index in [4.69, 9.17) is 13.9 Å². The van der Waals surface area contributed by atoms with E-state index >= 15 is 0 Å². The molecule has 0 spiro atoms. The van der Waals surface area contributed by atoms with Crippen molar-refractivity contribution >= 4 is 33.2 Å². The number of oxazole rings is 1. The first kappa shape index (κ1) is 25.3. The van der Waals surface area contributed by atoms with Crippen molar-refractivity contribution in [1.29, 1.82) is 0 Å². The van der Waals surface area contributed by atoms with Crippen LogP contribution in [0.1, 0.15) is 0 Å². The van der Waals surface area contributed by atoms with Gasteiger partial charge in [-0.05, 0) is 48.5 Å².